The van der Waals surface area contributed by atoms with Crippen molar-refractivity contribution in [2.75, 3.05) is 18.5 Å². The van der Waals surface area contributed by atoms with E-state index in [0.717, 1.165) is 18.3 Å². The van der Waals surface area contributed by atoms with Gasteiger partial charge in [0.25, 0.3) is 0 Å². The SMILES string of the molecule is CCCCP(CCCC)CCCCCB1C2CCCC1CCC2. The molecule has 2 heteroatoms. The third-order valence-corrected chi connectivity index (χ3v) is 9.52. The van der Waals surface area contributed by atoms with Crippen LogP contribution in [0, 0.1) is 0 Å². The lowest BCUT2D eigenvalue weighted by Crippen LogP contribution is -2.34. The van der Waals surface area contributed by atoms with Gasteiger partial charge in [-0.05, 0) is 37.7 Å². The Morgan fingerprint density at radius 3 is 1.74 bits per heavy atom. The molecule has 0 unspecified atom stereocenters. The molecule has 23 heavy (non-hydrogen) atoms. The molecule has 0 aromatic rings. The van der Waals surface area contributed by atoms with Crippen LogP contribution in [0.5, 0.6) is 0 Å². The average molecular weight is 336 g/mol. The Balaban J connectivity index is 1.58. The molecule has 2 aliphatic rings. The quantitative estimate of drug-likeness (QED) is 0.193. The van der Waals surface area contributed by atoms with Gasteiger partial charge in [-0.2, -0.15) is 0 Å². The molecule has 0 aliphatic carbocycles. The van der Waals surface area contributed by atoms with E-state index < -0.39 is 0 Å². The van der Waals surface area contributed by atoms with Gasteiger partial charge in [-0.3, -0.25) is 0 Å². The van der Waals surface area contributed by atoms with Crippen LogP contribution in [0.15, 0.2) is 0 Å². The Kier molecular flexibility index (Phi) is 10.3. The highest BCUT2D eigenvalue weighted by Crippen LogP contribution is 2.48. The molecule has 0 spiro atoms. The van der Waals surface area contributed by atoms with Crippen molar-refractivity contribution in [2.24, 2.45) is 0 Å². The smallest absolute Gasteiger partial charge is 0.107 e. The number of unbranched alkanes of at least 4 members (excludes halogenated alkanes) is 4. The van der Waals surface area contributed by atoms with Crippen molar-refractivity contribution in [3.05, 3.63) is 0 Å². The molecule has 2 heterocycles. The molecule has 0 amide bonds. The lowest BCUT2D eigenvalue weighted by molar-refractivity contribution is 0.440. The van der Waals surface area contributed by atoms with Gasteiger partial charge >= 0.3 is 0 Å². The van der Waals surface area contributed by atoms with E-state index in [1.807, 2.05) is 0 Å². The van der Waals surface area contributed by atoms with Crippen molar-refractivity contribution < 1.29 is 0 Å². The van der Waals surface area contributed by atoms with Crippen LogP contribution in [0.25, 0.3) is 0 Å². The summed E-state index contributed by atoms with van der Waals surface area (Å²) >= 11 is 0. The van der Waals surface area contributed by atoms with Gasteiger partial charge in [0.15, 0.2) is 0 Å². The lowest BCUT2D eigenvalue weighted by atomic mass is 9.26. The number of hydrogen-bond donors (Lipinski definition) is 0. The average Bonchev–Trinajstić information content (AvgIpc) is 2.56. The van der Waals surface area contributed by atoms with Gasteiger partial charge in [0.05, 0.1) is 0 Å². The Hall–Kier alpha value is 0.495. The number of fused-ring (bicyclic) bond motifs is 2. The van der Waals surface area contributed by atoms with Gasteiger partial charge in [0.1, 0.15) is 6.71 Å². The lowest BCUT2D eigenvalue weighted by Gasteiger charge is -2.40. The molecular formula is C21H42BP. The predicted octanol–water partition coefficient (Wildman–Crippen LogP) is 7.84. The normalized spacial score (nSPS) is 24.4. The summed E-state index contributed by atoms with van der Waals surface area (Å²) in [4.78, 5) is 0. The molecule has 0 nitrogen and oxygen atoms in total. The van der Waals surface area contributed by atoms with E-state index >= 15 is 0 Å². The maximum atomic E-state index is 2.36. The van der Waals surface area contributed by atoms with Crippen molar-refractivity contribution in [3.63, 3.8) is 0 Å². The Labute approximate surface area is 148 Å². The highest BCUT2D eigenvalue weighted by Gasteiger charge is 2.37. The molecule has 0 saturated carbocycles. The largest absolute Gasteiger partial charge is 0.146 e. The van der Waals surface area contributed by atoms with Crippen LogP contribution < -0.4 is 0 Å². The summed E-state index contributed by atoms with van der Waals surface area (Å²) in [6.07, 6.45) is 26.1. The van der Waals surface area contributed by atoms with Crippen LogP contribution in [0.3, 0.4) is 0 Å². The summed E-state index contributed by atoms with van der Waals surface area (Å²) in [6.45, 7) is 5.85. The summed E-state index contributed by atoms with van der Waals surface area (Å²) in [5.74, 6) is 2.27. The second-order valence-corrected chi connectivity index (χ2v) is 11.1. The minimum Gasteiger partial charge on any atom is -0.107 e. The van der Waals surface area contributed by atoms with Crippen molar-refractivity contribution in [2.45, 2.75) is 115 Å². The standard InChI is InChI=1S/C21H42BP/c1-3-5-17-23(18-6-4-2)19-9-7-8-16-22-20-12-10-13-21(22)15-11-14-20/h20-21H,3-19H2,1-2H3. The first-order chi connectivity index (χ1) is 11.3. The molecule has 2 rings (SSSR count). The zero-order chi connectivity index (χ0) is 16.3. The molecule has 0 N–H and O–H groups in total. The van der Waals surface area contributed by atoms with Crippen molar-refractivity contribution >= 4 is 14.6 Å². The third-order valence-electron chi connectivity index (χ3n) is 6.68. The van der Waals surface area contributed by atoms with Crippen LogP contribution in [-0.2, 0) is 0 Å². The van der Waals surface area contributed by atoms with E-state index in [1.165, 1.54) is 32.1 Å². The van der Waals surface area contributed by atoms with E-state index in [4.69, 9.17) is 0 Å². The molecule has 0 aromatic carbocycles. The van der Waals surface area contributed by atoms with E-state index in [0.29, 0.717) is 7.92 Å². The fraction of sp³-hybridized carbons (Fsp3) is 1.00. The minimum absolute atomic E-state index is 0.387. The molecule has 0 radical (unpaired) electrons. The first-order valence-electron chi connectivity index (χ1n) is 11.1. The summed E-state index contributed by atoms with van der Waals surface area (Å²) in [5, 5.41) is 0. The molecule has 134 valence electrons. The molecular weight excluding hydrogens is 294 g/mol. The third kappa shape index (κ3) is 7.09. The molecule has 0 aromatic heterocycles. The Morgan fingerprint density at radius 2 is 1.22 bits per heavy atom. The maximum Gasteiger partial charge on any atom is 0.146 e. The number of hydrogen-bond acceptors (Lipinski definition) is 0. The fourth-order valence-corrected chi connectivity index (χ4v) is 8.15. The van der Waals surface area contributed by atoms with Gasteiger partial charge in [0.2, 0.25) is 0 Å². The highest BCUT2D eigenvalue weighted by molar-refractivity contribution is 7.57. The molecule has 2 aliphatic heterocycles. The first kappa shape index (κ1) is 19.8. The topological polar surface area (TPSA) is 0 Å². The second kappa shape index (κ2) is 11.9. The van der Waals surface area contributed by atoms with E-state index in [1.54, 1.807) is 76.2 Å². The van der Waals surface area contributed by atoms with Crippen LogP contribution in [-0.4, -0.2) is 25.2 Å². The fourth-order valence-electron chi connectivity index (χ4n) is 5.28. The monoisotopic (exact) mass is 336 g/mol. The van der Waals surface area contributed by atoms with Crippen LogP contribution in [0.2, 0.25) is 18.0 Å². The van der Waals surface area contributed by atoms with Crippen LogP contribution in [0.1, 0.15) is 97.3 Å². The number of rotatable bonds is 12. The highest BCUT2D eigenvalue weighted by atomic mass is 31.1. The molecule has 2 bridgehead atoms. The minimum atomic E-state index is 0.387. The zero-order valence-corrected chi connectivity index (χ0v) is 17.1. The van der Waals surface area contributed by atoms with Crippen LogP contribution >= 0.6 is 7.92 Å². The Morgan fingerprint density at radius 1 is 0.696 bits per heavy atom. The van der Waals surface area contributed by atoms with Crippen molar-refractivity contribution in [3.8, 4) is 0 Å². The summed E-state index contributed by atoms with van der Waals surface area (Å²) in [5.41, 5.74) is 0. The van der Waals surface area contributed by atoms with Gasteiger partial charge in [-0.25, -0.2) is 0 Å². The molecule has 0 atom stereocenters. The van der Waals surface area contributed by atoms with E-state index in [-0.39, 0.29) is 0 Å². The van der Waals surface area contributed by atoms with E-state index in [2.05, 4.69) is 13.8 Å². The zero-order valence-electron chi connectivity index (χ0n) is 16.2. The summed E-state index contributed by atoms with van der Waals surface area (Å²) in [7, 11) is 0.387. The van der Waals surface area contributed by atoms with Crippen molar-refractivity contribution in [1.29, 1.82) is 0 Å². The van der Waals surface area contributed by atoms with Gasteiger partial charge in [0, 0.05) is 0 Å². The van der Waals surface area contributed by atoms with Crippen molar-refractivity contribution in [1.82, 2.24) is 0 Å². The van der Waals surface area contributed by atoms with Crippen LogP contribution in [0.4, 0.5) is 0 Å². The summed E-state index contributed by atoms with van der Waals surface area (Å²) in [6, 6.07) is 0. The van der Waals surface area contributed by atoms with Gasteiger partial charge < -0.3 is 0 Å². The molecule has 2 fully saturated rings. The van der Waals surface area contributed by atoms with Gasteiger partial charge in [-0.15, -0.1) is 7.92 Å². The molecule has 2 saturated heterocycles. The first-order valence-corrected chi connectivity index (χ1v) is 13.0. The summed E-state index contributed by atoms with van der Waals surface area (Å²) < 4.78 is 0. The van der Waals surface area contributed by atoms with Gasteiger partial charge in [-0.1, -0.05) is 96.0 Å². The Bertz CT molecular complexity index is 264. The van der Waals surface area contributed by atoms with E-state index in [9.17, 15) is 0 Å². The second-order valence-electron chi connectivity index (χ2n) is 8.44. The maximum absolute atomic E-state index is 2.36. The predicted molar refractivity (Wildman–Crippen MR) is 111 cm³/mol.